The first-order chi connectivity index (χ1) is 12.4. The summed E-state index contributed by atoms with van der Waals surface area (Å²) in [4.78, 5) is 18.8. The first-order valence-corrected chi connectivity index (χ1v) is 11.5. The fourth-order valence-corrected chi connectivity index (χ4v) is 7.35. The first-order valence-electron chi connectivity index (χ1n) is 8.81. The second kappa shape index (κ2) is 7.60. The van der Waals surface area contributed by atoms with Crippen LogP contribution in [-0.4, -0.2) is 49.4 Å². The van der Waals surface area contributed by atoms with Crippen molar-refractivity contribution >= 4 is 38.4 Å². The zero-order chi connectivity index (χ0) is 18.9. The highest BCUT2D eigenvalue weighted by Crippen LogP contribution is 2.41. The molecule has 3 rings (SSSR count). The maximum absolute atomic E-state index is 12.5. The van der Waals surface area contributed by atoms with Crippen molar-refractivity contribution in [3.63, 3.8) is 0 Å². The van der Waals surface area contributed by atoms with Gasteiger partial charge in [0.05, 0.1) is 24.7 Å². The molecule has 0 unspecified atom stereocenters. The smallest absolute Gasteiger partial charge is 0.251 e. The number of ether oxygens (including phenoxy) is 1. The molecule has 0 aliphatic carbocycles. The zero-order valence-electron chi connectivity index (χ0n) is 15.2. The van der Waals surface area contributed by atoms with Crippen LogP contribution in [-0.2, 0) is 14.6 Å². The third-order valence-corrected chi connectivity index (χ3v) is 8.17. The normalized spacial score (nSPS) is 25.7. The maximum atomic E-state index is 12.5. The Balaban J connectivity index is 1.96. The summed E-state index contributed by atoms with van der Waals surface area (Å²) in [7, 11) is -1.47. The lowest BCUT2D eigenvalue weighted by Gasteiger charge is -2.25. The fraction of sp³-hybridized carbons (Fsp3) is 0.556. The first kappa shape index (κ1) is 19.2. The molecule has 2 aliphatic rings. The second-order valence-corrected chi connectivity index (χ2v) is 9.97. The number of sulfone groups is 1. The summed E-state index contributed by atoms with van der Waals surface area (Å²) < 4.78 is 29.4. The van der Waals surface area contributed by atoms with Crippen LogP contribution in [0.5, 0.6) is 5.75 Å². The van der Waals surface area contributed by atoms with E-state index in [4.69, 9.17) is 4.74 Å². The number of amides is 1. The summed E-state index contributed by atoms with van der Waals surface area (Å²) in [5.41, 5.74) is 0.832. The number of carbonyl (C=O) groups excluding carboxylic acids is 1. The Morgan fingerprint density at radius 2 is 1.92 bits per heavy atom. The summed E-state index contributed by atoms with van der Waals surface area (Å²) >= 11 is 1.41. The van der Waals surface area contributed by atoms with Crippen LogP contribution in [0.3, 0.4) is 0 Å². The van der Waals surface area contributed by atoms with E-state index in [1.807, 2.05) is 43.0 Å². The van der Waals surface area contributed by atoms with Gasteiger partial charge in [0, 0.05) is 16.9 Å². The highest BCUT2D eigenvalue weighted by atomic mass is 32.2. The van der Waals surface area contributed by atoms with Gasteiger partial charge in [-0.25, -0.2) is 8.42 Å². The number of carbonyl (C=O) groups is 1. The van der Waals surface area contributed by atoms with Gasteiger partial charge in [0.25, 0.3) is 5.91 Å². The molecule has 1 aromatic rings. The predicted octanol–water partition coefficient (Wildman–Crippen LogP) is 2.73. The quantitative estimate of drug-likeness (QED) is 0.762. The lowest BCUT2D eigenvalue weighted by Crippen LogP contribution is -2.37. The number of methoxy groups -OCH3 is 1. The number of rotatable bonds is 5. The molecule has 2 fully saturated rings. The molecular formula is C18H24N2O4S2. The zero-order valence-corrected chi connectivity index (χ0v) is 16.8. The molecule has 1 amide bonds. The topological polar surface area (TPSA) is 76.0 Å². The SMILES string of the molecule is CCC(CC)C(=O)N=C1S[C@H]2CS(=O)(=O)C[C@@H]2N1c1ccc(OC)cc1. The van der Waals surface area contributed by atoms with Crippen LogP contribution in [0.4, 0.5) is 5.69 Å². The largest absolute Gasteiger partial charge is 0.497 e. The molecule has 6 nitrogen and oxygen atoms in total. The van der Waals surface area contributed by atoms with Crippen molar-refractivity contribution in [1.82, 2.24) is 0 Å². The number of benzene rings is 1. The molecular weight excluding hydrogens is 372 g/mol. The molecule has 2 atom stereocenters. The van der Waals surface area contributed by atoms with E-state index < -0.39 is 9.84 Å². The number of aliphatic imine (C=N–C) groups is 1. The highest BCUT2D eigenvalue weighted by molar-refractivity contribution is 8.16. The van der Waals surface area contributed by atoms with Crippen LogP contribution in [0.1, 0.15) is 26.7 Å². The molecule has 142 valence electrons. The number of anilines is 1. The molecule has 2 aliphatic heterocycles. The number of hydrogen-bond donors (Lipinski definition) is 0. The minimum atomic E-state index is -3.06. The number of nitrogens with zero attached hydrogens (tertiary/aromatic N) is 2. The summed E-state index contributed by atoms with van der Waals surface area (Å²) in [5, 5.41) is 0.521. The van der Waals surface area contributed by atoms with Gasteiger partial charge in [-0.15, -0.1) is 0 Å². The van der Waals surface area contributed by atoms with Gasteiger partial charge in [0.15, 0.2) is 15.0 Å². The third kappa shape index (κ3) is 3.76. The maximum Gasteiger partial charge on any atom is 0.251 e. The Morgan fingerprint density at radius 3 is 2.50 bits per heavy atom. The van der Waals surface area contributed by atoms with E-state index in [9.17, 15) is 13.2 Å². The molecule has 26 heavy (non-hydrogen) atoms. The number of fused-ring (bicyclic) bond motifs is 1. The monoisotopic (exact) mass is 396 g/mol. The van der Waals surface area contributed by atoms with Crippen molar-refractivity contribution in [2.75, 3.05) is 23.5 Å². The van der Waals surface area contributed by atoms with E-state index in [1.54, 1.807) is 7.11 Å². The van der Waals surface area contributed by atoms with Crippen molar-refractivity contribution in [3.8, 4) is 5.75 Å². The fourth-order valence-electron chi connectivity index (χ4n) is 3.43. The Bertz CT molecular complexity index is 801. The van der Waals surface area contributed by atoms with Crippen molar-refractivity contribution < 1.29 is 17.9 Å². The van der Waals surface area contributed by atoms with Gasteiger partial charge in [-0.1, -0.05) is 25.6 Å². The average molecular weight is 397 g/mol. The molecule has 2 heterocycles. The molecule has 8 heteroatoms. The lowest BCUT2D eigenvalue weighted by atomic mass is 10.0. The van der Waals surface area contributed by atoms with Crippen molar-refractivity contribution in [2.24, 2.45) is 10.9 Å². The molecule has 1 aromatic carbocycles. The molecule has 0 saturated carbocycles. The number of hydrogen-bond acceptors (Lipinski definition) is 5. The van der Waals surface area contributed by atoms with Crippen molar-refractivity contribution in [3.05, 3.63) is 24.3 Å². The Hall–Kier alpha value is -1.54. The van der Waals surface area contributed by atoms with E-state index >= 15 is 0 Å². The van der Waals surface area contributed by atoms with Crippen LogP contribution >= 0.6 is 11.8 Å². The minimum Gasteiger partial charge on any atom is -0.497 e. The Labute approximate surface area is 158 Å². The Morgan fingerprint density at radius 1 is 1.27 bits per heavy atom. The van der Waals surface area contributed by atoms with Gasteiger partial charge in [-0.2, -0.15) is 4.99 Å². The van der Waals surface area contributed by atoms with E-state index in [0.29, 0.717) is 5.17 Å². The van der Waals surface area contributed by atoms with E-state index in [0.717, 1.165) is 24.3 Å². The van der Waals surface area contributed by atoms with Crippen LogP contribution < -0.4 is 9.64 Å². The third-order valence-electron chi connectivity index (χ3n) is 4.96. The van der Waals surface area contributed by atoms with E-state index in [-0.39, 0.29) is 34.6 Å². The Kier molecular flexibility index (Phi) is 5.62. The average Bonchev–Trinajstić information content (AvgIpc) is 3.07. The lowest BCUT2D eigenvalue weighted by molar-refractivity contribution is -0.121. The summed E-state index contributed by atoms with van der Waals surface area (Å²) in [6, 6.07) is 7.23. The van der Waals surface area contributed by atoms with Crippen molar-refractivity contribution in [2.45, 2.75) is 38.0 Å². The van der Waals surface area contributed by atoms with Gasteiger partial charge in [-0.3, -0.25) is 4.79 Å². The number of thioether (sulfide) groups is 1. The minimum absolute atomic E-state index is 0.0876. The molecule has 0 N–H and O–H groups in total. The van der Waals surface area contributed by atoms with Crippen LogP contribution in [0, 0.1) is 5.92 Å². The van der Waals surface area contributed by atoms with Gasteiger partial charge in [-0.05, 0) is 37.1 Å². The van der Waals surface area contributed by atoms with Gasteiger partial charge in [0.1, 0.15) is 5.75 Å². The van der Waals surface area contributed by atoms with Crippen LogP contribution in [0.25, 0.3) is 0 Å². The molecule has 0 spiro atoms. The van der Waals surface area contributed by atoms with Crippen molar-refractivity contribution in [1.29, 1.82) is 0 Å². The van der Waals surface area contributed by atoms with Gasteiger partial charge in [0.2, 0.25) is 0 Å². The summed E-state index contributed by atoms with van der Waals surface area (Å²) in [6.07, 6.45) is 1.50. The van der Waals surface area contributed by atoms with Crippen LogP contribution in [0.15, 0.2) is 29.3 Å². The van der Waals surface area contributed by atoms with Gasteiger partial charge < -0.3 is 9.64 Å². The van der Waals surface area contributed by atoms with E-state index in [1.165, 1.54) is 11.8 Å². The number of amidine groups is 1. The standard InChI is InChI=1S/C18H24N2O4S2/c1-4-12(5-2)17(21)19-18-20(13-6-8-14(24-3)9-7-13)15-10-26(22,23)11-16(15)25-18/h6-9,12,15-16H,4-5,10-11H2,1-3H3/t15-,16-/m0/s1. The highest BCUT2D eigenvalue weighted by Gasteiger charge is 2.49. The predicted molar refractivity (Wildman–Crippen MR) is 106 cm³/mol. The molecule has 2 saturated heterocycles. The molecule has 0 radical (unpaired) electrons. The molecule has 0 aromatic heterocycles. The van der Waals surface area contributed by atoms with Gasteiger partial charge >= 0.3 is 0 Å². The van der Waals surface area contributed by atoms with Crippen LogP contribution in [0.2, 0.25) is 0 Å². The second-order valence-electron chi connectivity index (χ2n) is 6.61. The summed E-state index contributed by atoms with van der Waals surface area (Å²) in [5.74, 6) is 0.730. The summed E-state index contributed by atoms with van der Waals surface area (Å²) in [6.45, 7) is 3.97. The van der Waals surface area contributed by atoms with E-state index in [2.05, 4.69) is 4.99 Å². The molecule has 0 bridgehead atoms.